The first kappa shape index (κ1) is 14.4. The Hall–Kier alpha value is -0.580. The molecule has 0 aromatic carbocycles. The first-order valence-corrected chi connectivity index (χ1v) is 8.18. The van der Waals surface area contributed by atoms with Crippen molar-refractivity contribution in [3.63, 3.8) is 0 Å². The summed E-state index contributed by atoms with van der Waals surface area (Å²) in [7, 11) is 0. The molecular weight excluding hydrogens is 272 g/mol. The highest BCUT2D eigenvalue weighted by atomic mass is 35.5. The van der Waals surface area contributed by atoms with E-state index in [9.17, 15) is 0 Å². The molecule has 112 valence electrons. The highest BCUT2D eigenvalue weighted by Gasteiger charge is 2.29. The normalized spacial score (nSPS) is 25.1. The van der Waals surface area contributed by atoms with Gasteiger partial charge in [-0.1, -0.05) is 11.6 Å². The van der Waals surface area contributed by atoms with Gasteiger partial charge in [0.05, 0.1) is 5.69 Å². The van der Waals surface area contributed by atoms with Crippen LogP contribution in [-0.4, -0.2) is 39.6 Å². The van der Waals surface area contributed by atoms with Gasteiger partial charge >= 0.3 is 0 Å². The Bertz CT molecular complexity index is 474. The Morgan fingerprint density at radius 3 is 2.60 bits per heavy atom. The molecule has 0 spiro atoms. The van der Waals surface area contributed by atoms with Crippen LogP contribution in [0.25, 0.3) is 0 Å². The maximum atomic E-state index is 6.33. The van der Waals surface area contributed by atoms with E-state index < -0.39 is 0 Å². The van der Waals surface area contributed by atoms with Gasteiger partial charge in [-0.3, -0.25) is 0 Å². The number of imidazole rings is 1. The third-order valence-corrected chi connectivity index (χ3v) is 5.15. The standard InChI is InChI=1S/C15H25ClN4/c1-10(2)19-7-5-11(6-8-19)15-18-14(16)13-4-3-12(17)9-20(13)15/h10-12H,3-9,17H2,1-2H3. The van der Waals surface area contributed by atoms with E-state index in [1.54, 1.807) is 0 Å². The molecule has 0 aliphatic carbocycles. The lowest BCUT2D eigenvalue weighted by atomic mass is 9.94. The maximum Gasteiger partial charge on any atom is 0.150 e. The summed E-state index contributed by atoms with van der Waals surface area (Å²) in [5, 5.41) is 0.707. The van der Waals surface area contributed by atoms with Crippen molar-refractivity contribution >= 4 is 11.6 Å². The Kier molecular flexibility index (Phi) is 4.07. The molecule has 2 aliphatic rings. The van der Waals surface area contributed by atoms with Crippen molar-refractivity contribution in [2.24, 2.45) is 5.73 Å². The van der Waals surface area contributed by atoms with E-state index in [0.29, 0.717) is 17.1 Å². The van der Waals surface area contributed by atoms with Crippen LogP contribution in [0, 0.1) is 0 Å². The fraction of sp³-hybridized carbons (Fsp3) is 0.800. The molecule has 20 heavy (non-hydrogen) atoms. The molecule has 3 heterocycles. The summed E-state index contributed by atoms with van der Waals surface area (Å²) < 4.78 is 2.31. The molecule has 5 heteroatoms. The Morgan fingerprint density at radius 1 is 1.25 bits per heavy atom. The molecule has 1 aromatic heterocycles. The molecule has 4 nitrogen and oxygen atoms in total. The third-order valence-electron chi connectivity index (χ3n) is 4.85. The fourth-order valence-electron chi connectivity index (χ4n) is 3.55. The largest absolute Gasteiger partial charge is 0.329 e. The van der Waals surface area contributed by atoms with Crippen LogP contribution in [0.3, 0.4) is 0 Å². The molecule has 0 amide bonds. The summed E-state index contributed by atoms with van der Waals surface area (Å²) >= 11 is 6.33. The minimum atomic E-state index is 0.252. The first-order chi connectivity index (χ1) is 9.56. The molecule has 1 fully saturated rings. The van der Waals surface area contributed by atoms with Gasteiger partial charge in [0, 0.05) is 24.5 Å². The van der Waals surface area contributed by atoms with E-state index in [4.69, 9.17) is 17.3 Å². The van der Waals surface area contributed by atoms with Crippen LogP contribution < -0.4 is 5.73 Å². The second-order valence-corrected chi connectivity index (χ2v) is 6.88. The van der Waals surface area contributed by atoms with Crippen molar-refractivity contribution in [1.29, 1.82) is 0 Å². The number of likely N-dealkylation sites (tertiary alicyclic amines) is 1. The van der Waals surface area contributed by atoms with Gasteiger partial charge in [0.15, 0.2) is 5.15 Å². The van der Waals surface area contributed by atoms with E-state index >= 15 is 0 Å². The minimum Gasteiger partial charge on any atom is -0.329 e. The lowest BCUT2D eigenvalue weighted by Gasteiger charge is -2.35. The molecule has 2 aliphatic heterocycles. The average molecular weight is 297 g/mol. The quantitative estimate of drug-likeness (QED) is 0.911. The molecular formula is C15H25ClN4. The molecule has 1 atom stereocenters. The van der Waals surface area contributed by atoms with E-state index in [1.807, 2.05) is 0 Å². The number of halogens is 1. The lowest BCUT2D eigenvalue weighted by Crippen LogP contribution is -2.39. The molecule has 2 N–H and O–H groups in total. The summed E-state index contributed by atoms with van der Waals surface area (Å²) in [4.78, 5) is 7.22. The molecule has 1 saturated heterocycles. The molecule has 0 radical (unpaired) electrons. The van der Waals surface area contributed by atoms with Crippen LogP contribution in [0.4, 0.5) is 0 Å². The molecule has 3 rings (SSSR count). The molecule has 0 saturated carbocycles. The lowest BCUT2D eigenvalue weighted by molar-refractivity contribution is 0.168. The van der Waals surface area contributed by atoms with Crippen molar-refractivity contribution in [2.75, 3.05) is 13.1 Å². The number of nitrogens with zero attached hydrogens (tertiary/aromatic N) is 3. The predicted molar refractivity (Wildman–Crippen MR) is 82.2 cm³/mol. The first-order valence-electron chi connectivity index (χ1n) is 7.80. The van der Waals surface area contributed by atoms with E-state index in [2.05, 4.69) is 28.3 Å². The Morgan fingerprint density at radius 2 is 1.95 bits per heavy atom. The van der Waals surface area contributed by atoms with Crippen LogP contribution in [0.15, 0.2) is 0 Å². The van der Waals surface area contributed by atoms with Gasteiger partial charge in [0.2, 0.25) is 0 Å². The molecule has 0 bridgehead atoms. The topological polar surface area (TPSA) is 47.1 Å². The number of fused-ring (bicyclic) bond motifs is 1. The molecule has 1 aromatic rings. The zero-order valence-electron chi connectivity index (χ0n) is 12.5. The van der Waals surface area contributed by atoms with Crippen molar-refractivity contribution < 1.29 is 0 Å². The molecule has 1 unspecified atom stereocenters. The van der Waals surface area contributed by atoms with E-state index in [1.165, 1.54) is 24.4 Å². The van der Waals surface area contributed by atoms with Crippen molar-refractivity contribution in [2.45, 2.75) is 64.1 Å². The zero-order chi connectivity index (χ0) is 14.3. The second kappa shape index (κ2) is 5.66. The second-order valence-electron chi connectivity index (χ2n) is 6.52. The van der Waals surface area contributed by atoms with Gasteiger partial charge in [-0.2, -0.15) is 0 Å². The Balaban J connectivity index is 1.78. The van der Waals surface area contributed by atoms with Gasteiger partial charge in [0.25, 0.3) is 0 Å². The average Bonchev–Trinajstić information content (AvgIpc) is 2.75. The third kappa shape index (κ3) is 2.61. The number of aromatic nitrogens is 2. The number of piperidine rings is 1. The summed E-state index contributed by atoms with van der Waals surface area (Å²) in [5.41, 5.74) is 7.32. The van der Waals surface area contributed by atoms with Gasteiger partial charge in [-0.05, 0) is 52.6 Å². The number of hydrogen-bond donors (Lipinski definition) is 1. The van der Waals surface area contributed by atoms with Crippen LogP contribution in [-0.2, 0) is 13.0 Å². The van der Waals surface area contributed by atoms with Crippen LogP contribution >= 0.6 is 11.6 Å². The van der Waals surface area contributed by atoms with Crippen molar-refractivity contribution in [1.82, 2.24) is 14.5 Å². The van der Waals surface area contributed by atoms with Crippen LogP contribution in [0.5, 0.6) is 0 Å². The van der Waals surface area contributed by atoms with Crippen molar-refractivity contribution in [3.05, 3.63) is 16.7 Å². The van der Waals surface area contributed by atoms with Gasteiger partial charge < -0.3 is 15.2 Å². The number of hydrogen-bond acceptors (Lipinski definition) is 3. The summed E-state index contributed by atoms with van der Waals surface area (Å²) in [6.45, 7) is 7.75. The number of rotatable bonds is 2. The van der Waals surface area contributed by atoms with Crippen molar-refractivity contribution in [3.8, 4) is 0 Å². The van der Waals surface area contributed by atoms with Gasteiger partial charge in [-0.25, -0.2) is 4.98 Å². The fourth-order valence-corrected chi connectivity index (χ4v) is 3.83. The Labute approximate surface area is 126 Å². The van der Waals surface area contributed by atoms with E-state index in [0.717, 1.165) is 32.5 Å². The van der Waals surface area contributed by atoms with Gasteiger partial charge in [-0.15, -0.1) is 0 Å². The zero-order valence-corrected chi connectivity index (χ0v) is 13.2. The van der Waals surface area contributed by atoms with Gasteiger partial charge in [0.1, 0.15) is 5.82 Å². The van der Waals surface area contributed by atoms with Crippen LogP contribution in [0.2, 0.25) is 5.15 Å². The predicted octanol–water partition coefficient (Wildman–Crippen LogP) is 2.40. The summed E-state index contributed by atoms with van der Waals surface area (Å²) in [5.74, 6) is 1.73. The number of nitrogens with two attached hydrogens (primary N) is 1. The summed E-state index contributed by atoms with van der Waals surface area (Å²) in [6, 6.07) is 0.893. The minimum absolute atomic E-state index is 0.252. The van der Waals surface area contributed by atoms with E-state index in [-0.39, 0.29) is 6.04 Å². The summed E-state index contributed by atoms with van der Waals surface area (Å²) in [6.07, 6.45) is 4.36. The maximum absolute atomic E-state index is 6.33. The highest BCUT2D eigenvalue weighted by molar-refractivity contribution is 6.30. The highest BCUT2D eigenvalue weighted by Crippen LogP contribution is 2.33. The SMILES string of the molecule is CC(C)N1CCC(c2nc(Cl)c3n2CC(N)CC3)CC1. The smallest absolute Gasteiger partial charge is 0.150 e. The monoisotopic (exact) mass is 296 g/mol. The van der Waals surface area contributed by atoms with Crippen LogP contribution in [0.1, 0.15) is 50.5 Å².